The topological polar surface area (TPSA) is 58.8 Å². The predicted octanol–water partition coefficient (Wildman–Crippen LogP) is 2.79. The largest absolute Gasteiger partial charge is 0.436 e. The minimum absolute atomic E-state index is 0.199. The summed E-state index contributed by atoms with van der Waals surface area (Å²) in [6, 6.07) is 8.89. The molecule has 0 saturated carbocycles. The number of para-hydroxylation sites is 1. The van der Waals surface area contributed by atoms with Crippen molar-refractivity contribution in [3.05, 3.63) is 47.4 Å². The minimum Gasteiger partial charge on any atom is -0.436 e. The number of hydrogen-bond donors (Lipinski definition) is 0. The number of ether oxygens (including phenoxy) is 1. The Morgan fingerprint density at radius 2 is 2.06 bits per heavy atom. The number of aromatic nitrogens is 2. The molecule has 16 heavy (non-hydrogen) atoms. The van der Waals surface area contributed by atoms with Gasteiger partial charge in [0.15, 0.2) is 5.69 Å². The molecule has 78 valence electrons. The summed E-state index contributed by atoms with van der Waals surface area (Å²) in [6.45, 7) is 0. The van der Waals surface area contributed by atoms with Crippen LogP contribution in [-0.2, 0) is 0 Å². The number of hydrogen-bond acceptors (Lipinski definition) is 4. The maximum atomic E-state index is 8.65. The number of benzene rings is 1. The van der Waals surface area contributed by atoms with Crippen molar-refractivity contribution in [1.29, 1.82) is 5.26 Å². The van der Waals surface area contributed by atoms with Gasteiger partial charge >= 0.3 is 0 Å². The molecule has 0 radical (unpaired) electrons. The zero-order valence-electron chi connectivity index (χ0n) is 8.09. The van der Waals surface area contributed by atoms with Crippen molar-refractivity contribution in [2.75, 3.05) is 0 Å². The first kappa shape index (κ1) is 10.4. The van der Waals surface area contributed by atoms with Gasteiger partial charge in [-0.1, -0.05) is 23.7 Å². The molecule has 1 aromatic heterocycles. The van der Waals surface area contributed by atoms with E-state index in [9.17, 15) is 0 Å². The van der Waals surface area contributed by atoms with E-state index in [0.717, 1.165) is 0 Å². The molecule has 0 aliphatic rings. The van der Waals surface area contributed by atoms with Gasteiger partial charge in [-0.2, -0.15) is 10.2 Å². The van der Waals surface area contributed by atoms with Crippen LogP contribution in [0.15, 0.2) is 36.7 Å². The molecular weight excluding hydrogens is 226 g/mol. The highest BCUT2D eigenvalue weighted by molar-refractivity contribution is 6.32. The molecule has 0 amide bonds. The van der Waals surface area contributed by atoms with E-state index in [1.165, 1.54) is 12.4 Å². The van der Waals surface area contributed by atoms with Crippen LogP contribution in [0.1, 0.15) is 5.69 Å². The second-order valence-corrected chi connectivity index (χ2v) is 3.29. The summed E-state index contributed by atoms with van der Waals surface area (Å²) in [6.07, 6.45) is 2.78. The SMILES string of the molecule is N#Cc1cncc(Oc2ccccc2Cl)n1. The van der Waals surface area contributed by atoms with Crippen molar-refractivity contribution in [2.24, 2.45) is 0 Å². The lowest BCUT2D eigenvalue weighted by molar-refractivity contribution is 0.460. The van der Waals surface area contributed by atoms with Gasteiger partial charge in [0.25, 0.3) is 0 Å². The Bertz CT molecular complexity index is 551. The van der Waals surface area contributed by atoms with Gasteiger partial charge < -0.3 is 4.74 Å². The molecule has 0 spiro atoms. The predicted molar refractivity (Wildman–Crippen MR) is 58.3 cm³/mol. The fourth-order valence-electron chi connectivity index (χ4n) is 1.09. The van der Waals surface area contributed by atoms with Crippen molar-refractivity contribution in [3.63, 3.8) is 0 Å². The molecule has 0 unspecified atom stereocenters. The second kappa shape index (κ2) is 4.60. The van der Waals surface area contributed by atoms with Crippen LogP contribution in [0.2, 0.25) is 5.02 Å². The molecular formula is C11H6ClN3O. The molecule has 0 saturated heterocycles. The standard InChI is InChI=1S/C11H6ClN3O/c12-9-3-1-2-4-10(9)16-11-7-14-6-8(5-13)15-11/h1-4,6-7H. The average molecular weight is 232 g/mol. The summed E-state index contributed by atoms with van der Waals surface area (Å²) in [4.78, 5) is 7.75. The van der Waals surface area contributed by atoms with E-state index in [2.05, 4.69) is 9.97 Å². The molecule has 0 fully saturated rings. The van der Waals surface area contributed by atoms with Crippen LogP contribution in [0.4, 0.5) is 0 Å². The van der Waals surface area contributed by atoms with E-state index in [-0.39, 0.29) is 11.6 Å². The summed E-state index contributed by atoms with van der Waals surface area (Å²) in [5, 5.41) is 9.13. The molecule has 0 N–H and O–H groups in total. The third-order valence-corrected chi connectivity index (χ3v) is 2.09. The molecule has 0 aliphatic heterocycles. The molecule has 1 heterocycles. The van der Waals surface area contributed by atoms with Crippen LogP contribution in [0, 0.1) is 11.3 Å². The smallest absolute Gasteiger partial charge is 0.239 e. The Labute approximate surface area is 97.1 Å². The average Bonchev–Trinajstić information content (AvgIpc) is 2.32. The fourth-order valence-corrected chi connectivity index (χ4v) is 1.27. The molecule has 0 bridgehead atoms. The number of halogens is 1. The zero-order valence-corrected chi connectivity index (χ0v) is 8.85. The Morgan fingerprint density at radius 1 is 1.25 bits per heavy atom. The first-order valence-electron chi connectivity index (χ1n) is 4.44. The fraction of sp³-hybridized carbons (Fsp3) is 0. The number of nitrogens with zero attached hydrogens (tertiary/aromatic N) is 3. The van der Waals surface area contributed by atoms with Gasteiger partial charge in [-0.25, -0.2) is 0 Å². The summed E-state index contributed by atoms with van der Waals surface area (Å²) < 4.78 is 5.39. The lowest BCUT2D eigenvalue weighted by atomic mass is 10.3. The summed E-state index contributed by atoms with van der Waals surface area (Å²) in [5.41, 5.74) is 0.199. The maximum absolute atomic E-state index is 8.65. The van der Waals surface area contributed by atoms with Gasteiger partial charge in [-0.3, -0.25) is 4.98 Å². The summed E-state index contributed by atoms with van der Waals surface area (Å²) in [7, 11) is 0. The Kier molecular flexibility index (Phi) is 2.99. The van der Waals surface area contributed by atoms with Crippen LogP contribution in [-0.4, -0.2) is 9.97 Å². The van der Waals surface area contributed by atoms with Crippen molar-refractivity contribution in [3.8, 4) is 17.7 Å². The first-order chi connectivity index (χ1) is 7.79. The van der Waals surface area contributed by atoms with E-state index < -0.39 is 0 Å². The third-order valence-electron chi connectivity index (χ3n) is 1.78. The van der Waals surface area contributed by atoms with Crippen molar-refractivity contribution >= 4 is 11.6 Å². The van der Waals surface area contributed by atoms with E-state index in [1.54, 1.807) is 24.3 Å². The molecule has 0 aliphatic carbocycles. The monoisotopic (exact) mass is 231 g/mol. The van der Waals surface area contributed by atoms with Gasteiger partial charge in [0.2, 0.25) is 5.88 Å². The van der Waals surface area contributed by atoms with Crippen LogP contribution in [0.3, 0.4) is 0 Å². The third kappa shape index (κ3) is 2.27. The van der Waals surface area contributed by atoms with Crippen molar-refractivity contribution in [1.82, 2.24) is 9.97 Å². The van der Waals surface area contributed by atoms with Crippen molar-refractivity contribution < 1.29 is 4.74 Å². The molecule has 1 aromatic carbocycles. The highest BCUT2D eigenvalue weighted by Gasteiger charge is 2.04. The normalized spacial score (nSPS) is 9.50. The van der Waals surface area contributed by atoms with Crippen molar-refractivity contribution in [2.45, 2.75) is 0 Å². The van der Waals surface area contributed by atoms with E-state index >= 15 is 0 Å². The van der Waals surface area contributed by atoms with Crippen LogP contribution in [0.5, 0.6) is 11.6 Å². The first-order valence-corrected chi connectivity index (χ1v) is 4.82. The van der Waals surface area contributed by atoms with Crippen LogP contribution in [0.25, 0.3) is 0 Å². The highest BCUT2D eigenvalue weighted by Crippen LogP contribution is 2.27. The van der Waals surface area contributed by atoms with E-state index in [0.29, 0.717) is 10.8 Å². The van der Waals surface area contributed by atoms with Crippen LogP contribution < -0.4 is 4.74 Å². The molecule has 5 heteroatoms. The Balaban J connectivity index is 2.28. The highest BCUT2D eigenvalue weighted by atomic mass is 35.5. The zero-order chi connectivity index (χ0) is 11.4. The van der Waals surface area contributed by atoms with Crippen LogP contribution >= 0.6 is 11.6 Å². The lowest BCUT2D eigenvalue weighted by Crippen LogP contribution is -1.92. The maximum Gasteiger partial charge on any atom is 0.239 e. The lowest BCUT2D eigenvalue weighted by Gasteiger charge is -2.05. The van der Waals surface area contributed by atoms with Gasteiger partial charge in [-0.05, 0) is 12.1 Å². The quantitative estimate of drug-likeness (QED) is 0.797. The minimum atomic E-state index is 0.199. The Morgan fingerprint density at radius 3 is 2.81 bits per heavy atom. The molecule has 2 rings (SSSR count). The van der Waals surface area contributed by atoms with Gasteiger partial charge in [0.05, 0.1) is 17.4 Å². The van der Waals surface area contributed by atoms with Gasteiger partial charge in [0.1, 0.15) is 11.8 Å². The number of rotatable bonds is 2. The molecule has 4 nitrogen and oxygen atoms in total. The van der Waals surface area contributed by atoms with Gasteiger partial charge in [-0.15, -0.1) is 0 Å². The Hall–Kier alpha value is -2.12. The second-order valence-electron chi connectivity index (χ2n) is 2.89. The van der Waals surface area contributed by atoms with E-state index in [1.807, 2.05) is 6.07 Å². The van der Waals surface area contributed by atoms with Gasteiger partial charge in [0, 0.05) is 0 Å². The molecule has 0 atom stereocenters. The summed E-state index contributed by atoms with van der Waals surface area (Å²) >= 11 is 5.91. The summed E-state index contributed by atoms with van der Waals surface area (Å²) in [5.74, 6) is 0.723. The number of nitriles is 1. The van der Waals surface area contributed by atoms with E-state index in [4.69, 9.17) is 21.6 Å². The molecule has 2 aromatic rings.